The van der Waals surface area contributed by atoms with Gasteiger partial charge in [-0.2, -0.15) is 5.10 Å². The van der Waals surface area contributed by atoms with E-state index < -0.39 is 5.97 Å². The van der Waals surface area contributed by atoms with Crippen molar-refractivity contribution in [1.82, 2.24) is 9.78 Å². The summed E-state index contributed by atoms with van der Waals surface area (Å²) < 4.78 is 6.68. The highest BCUT2D eigenvalue weighted by Gasteiger charge is 2.20. The number of esters is 1. The van der Waals surface area contributed by atoms with Crippen molar-refractivity contribution in [3.8, 4) is 0 Å². The maximum absolute atomic E-state index is 11.9. The molecule has 5 nitrogen and oxygen atoms in total. The Balaban J connectivity index is 2.77. The second kappa shape index (κ2) is 5.63. The Morgan fingerprint density at radius 1 is 1.45 bits per heavy atom. The Morgan fingerprint density at radius 2 is 2.15 bits per heavy atom. The van der Waals surface area contributed by atoms with Crippen molar-refractivity contribution in [3.63, 3.8) is 0 Å². The van der Waals surface area contributed by atoms with Crippen molar-refractivity contribution in [3.05, 3.63) is 29.0 Å². The third kappa shape index (κ3) is 2.41. The van der Waals surface area contributed by atoms with E-state index in [0.29, 0.717) is 22.6 Å². The number of rotatable bonds is 4. The lowest BCUT2D eigenvalue weighted by atomic mass is 10.0. The molecule has 0 aliphatic rings. The number of hydrogen-bond acceptors (Lipinski definition) is 4. The molecule has 0 aliphatic heterocycles. The van der Waals surface area contributed by atoms with Crippen LogP contribution in [0.1, 0.15) is 35.5 Å². The third-order valence-corrected chi connectivity index (χ3v) is 3.26. The van der Waals surface area contributed by atoms with Crippen LogP contribution in [0.25, 0.3) is 10.9 Å². The quantitative estimate of drug-likeness (QED) is 0.870. The zero-order valence-electron chi connectivity index (χ0n) is 12.3. The van der Waals surface area contributed by atoms with E-state index in [4.69, 9.17) is 4.74 Å². The van der Waals surface area contributed by atoms with Crippen LogP contribution in [0.5, 0.6) is 0 Å². The molecule has 20 heavy (non-hydrogen) atoms. The van der Waals surface area contributed by atoms with Crippen LogP contribution in [0.4, 0.5) is 0 Å². The lowest BCUT2D eigenvalue weighted by Crippen LogP contribution is -2.07. The van der Waals surface area contributed by atoms with Gasteiger partial charge in [0.05, 0.1) is 30.5 Å². The van der Waals surface area contributed by atoms with Gasteiger partial charge in [0, 0.05) is 11.9 Å². The molecular formula is C15H20N2O3. The first-order chi connectivity index (χ1) is 9.49. The van der Waals surface area contributed by atoms with Crippen molar-refractivity contribution >= 4 is 16.9 Å². The number of carbonyl (C=O) groups excluding carboxylic acids is 1. The summed E-state index contributed by atoms with van der Waals surface area (Å²) >= 11 is 0. The molecule has 0 amide bonds. The number of methoxy groups -OCH3 is 1. The van der Waals surface area contributed by atoms with Gasteiger partial charge in [-0.15, -0.1) is 0 Å². The number of aryl methyl sites for hydroxylation is 1. The highest BCUT2D eigenvalue weighted by Crippen LogP contribution is 2.27. The summed E-state index contributed by atoms with van der Waals surface area (Å²) in [6, 6.07) is 3.61. The Morgan fingerprint density at radius 3 is 2.70 bits per heavy atom. The summed E-state index contributed by atoms with van der Waals surface area (Å²) in [5, 5.41) is 14.7. The molecule has 2 rings (SSSR count). The lowest BCUT2D eigenvalue weighted by Gasteiger charge is -2.09. The minimum Gasteiger partial charge on any atom is -0.465 e. The number of nitrogens with zero attached hydrogens (tertiary/aromatic N) is 2. The van der Waals surface area contributed by atoms with E-state index >= 15 is 0 Å². The maximum atomic E-state index is 11.9. The first kappa shape index (κ1) is 14.5. The first-order valence-electron chi connectivity index (χ1n) is 6.67. The molecule has 1 aromatic carbocycles. The Kier molecular flexibility index (Phi) is 4.09. The normalized spacial score (nSPS) is 11.3. The van der Waals surface area contributed by atoms with Crippen molar-refractivity contribution in [2.24, 2.45) is 5.92 Å². The summed E-state index contributed by atoms with van der Waals surface area (Å²) in [6.07, 6.45) is 0. The van der Waals surface area contributed by atoms with Gasteiger partial charge in [0.25, 0.3) is 0 Å². The maximum Gasteiger partial charge on any atom is 0.338 e. The van der Waals surface area contributed by atoms with Crippen LogP contribution in [0.15, 0.2) is 12.1 Å². The topological polar surface area (TPSA) is 64.3 Å². The van der Waals surface area contributed by atoms with E-state index in [9.17, 15) is 9.90 Å². The van der Waals surface area contributed by atoms with Gasteiger partial charge in [-0.3, -0.25) is 4.68 Å². The van der Waals surface area contributed by atoms with Gasteiger partial charge in [0.2, 0.25) is 0 Å². The molecule has 108 valence electrons. The van der Waals surface area contributed by atoms with Crippen molar-refractivity contribution in [1.29, 1.82) is 0 Å². The van der Waals surface area contributed by atoms with Gasteiger partial charge in [0.15, 0.2) is 0 Å². The molecule has 0 spiro atoms. The number of aromatic nitrogens is 2. The van der Waals surface area contributed by atoms with Crippen molar-refractivity contribution < 1.29 is 14.6 Å². The van der Waals surface area contributed by atoms with Gasteiger partial charge >= 0.3 is 5.97 Å². The Labute approximate surface area is 118 Å². The van der Waals surface area contributed by atoms with Gasteiger partial charge in [0.1, 0.15) is 0 Å². The summed E-state index contributed by atoms with van der Waals surface area (Å²) in [6.45, 7) is 6.72. The second-order valence-electron chi connectivity index (χ2n) is 5.33. The lowest BCUT2D eigenvalue weighted by molar-refractivity contribution is 0.0603. The number of fused-ring (bicyclic) bond motifs is 1. The SMILES string of the molecule is COC(=O)c1ccc(C)c2c1c(CO)nn2CC(C)C. The minimum atomic E-state index is -0.409. The summed E-state index contributed by atoms with van der Waals surface area (Å²) in [5.74, 6) is 0.0135. The van der Waals surface area contributed by atoms with Crippen LogP contribution in [0, 0.1) is 12.8 Å². The average molecular weight is 276 g/mol. The first-order valence-corrected chi connectivity index (χ1v) is 6.67. The molecule has 0 aliphatic carbocycles. The highest BCUT2D eigenvalue weighted by molar-refractivity contribution is 6.05. The summed E-state index contributed by atoms with van der Waals surface area (Å²) in [5.41, 5.74) is 2.89. The van der Waals surface area contributed by atoms with E-state index in [-0.39, 0.29) is 6.61 Å². The summed E-state index contributed by atoms with van der Waals surface area (Å²) in [7, 11) is 1.35. The molecule has 1 heterocycles. The van der Waals surface area contributed by atoms with Crippen LogP contribution in [0.2, 0.25) is 0 Å². The molecule has 0 unspecified atom stereocenters. The molecule has 0 radical (unpaired) electrons. The predicted molar refractivity (Wildman–Crippen MR) is 76.6 cm³/mol. The summed E-state index contributed by atoms with van der Waals surface area (Å²) in [4.78, 5) is 11.9. The molecule has 0 fully saturated rings. The third-order valence-electron chi connectivity index (χ3n) is 3.26. The molecule has 0 atom stereocenters. The number of hydrogen-bond donors (Lipinski definition) is 1. The molecule has 1 N–H and O–H groups in total. The number of aliphatic hydroxyl groups is 1. The van der Waals surface area contributed by atoms with E-state index in [0.717, 1.165) is 17.6 Å². The molecule has 5 heteroatoms. The van der Waals surface area contributed by atoms with Crippen molar-refractivity contribution in [2.45, 2.75) is 33.9 Å². The minimum absolute atomic E-state index is 0.199. The van der Waals surface area contributed by atoms with Crippen LogP contribution in [-0.2, 0) is 17.9 Å². The zero-order valence-corrected chi connectivity index (χ0v) is 12.3. The average Bonchev–Trinajstić information content (AvgIpc) is 2.77. The van der Waals surface area contributed by atoms with E-state index in [1.54, 1.807) is 6.07 Å². The Hall–Kier alpha value is -1.88. The number of ether oxygens (including phenoxy) is 1. The molecule has 0 bridgehead atoms. The van der Waals surface area contributed by atoms with Gasteiger partial charge < -0.3 is 9.84 Å². The second-order valence-corrected chi connectivity index (χ2v) is 5.33. The smallest absolute Gasteiger partial charge is 0.338 e. The van der Waals surface area contributed by atoms with E-state index in [2.05, 4.69) is 18.9 Å². The van der Waals surface area contributed by atoms with Gasteiger partial charge in [-0.1, -0.05) is 19.9 Å². The standard InChI is InChI=1S/C15H20N2O3/c1-9(2)7-17-14-10(3)5-6-11(15(19)20-4)13(14)12(8-18)16-17/h5-6,9,18H,7-8H2,1-4H3. The molecule has 0 saturated carbocycles. The number of carbonyl (C=O) groups is 1. The predicted octanol–water partition coefficient (Wildman–Crippen LogP) is 2.28. The fraction of sp³-hybridized carbons (Fsp3) is 0.467. The van der Waals surface area contributed by atoms with Crippen LogP contribution in [-0.4, -0.2) is 28.0 Å². The fourth-order valence-electron chi connectivity index (χ4n) is 2.43. The Bertz CT molecular complexity index is 644. The molecule has 1 aromatic heterocycles. The molecule has 2 aromatic rings. The van der Waals surface area contributed by atoms with E-state index in [1.807, 2.05) is 17.7 Å². The zero-order chi connectivity index (χ0) is 14.9. The monoisotopic (exact) mass is 276 g/mol. The molecule has 0 saturated heterocycles. The highest BCUT2D eigenvalue weighted by atomic mass is 16.5. The van der Waals surface area contributed by atoms with Gasteiger partial charge in [-0.25, -0.2) is 4.79 Å². The van der Waals surface area contributed by atoms with E-state index in [1.165, 1.54) is 7.11 Å². The van der Waals surface area contributed by atoms with Crippen LogP contribution >= 0.6 is 0 Å². The van der Waals surface area contributed by atoms with Crippen LogP contribution < -0.4 is 0 Å². The number of benzene rings is 1. The van der Waals surface area contributed by atoms with Crippen molar-refractivity contribution in [2.75, 3.05) is 7.11 Å². The largest absolute Gasteiger partial charge is 0.465 e. The number of aliphatic hydroxyl groups excluding tert-OH is 1. The van der Waals surface area contributed by atoms with Gasteiger partial charge in [-0.05, 0) is 24.5 Å². The van der Waals surface area contributed by atoms with Crippen LogP contribution in [0.3, 0.4) is 0 Å². The molecular weight excluding hydrogens is 256 g/mol. The fourth-order valence-corrected chi connectivity index (χ4v) is 2.43.